The summed E-state index contributed by atoms with van der Waals surface area (Å²) in [5.41, 5.74) is 3.54. The van der Waals surface area contributed by atoms with Gasteiger partial charge in [0.25, 0.3) is 10.0 Å². The summed E-state index contributed by atoms with van der Waals surface area (Å²) in [5, 5.41) is 3.69. The van der Waals surface area contributed by atoms with Crippen molar-refractivity contribution in [2.75, 3.05) is 10.8 Å². The Morgan fingerprint density at radius 3 is 1.98 bits per heavy atom. The molecule has 7 nitrogen and oxygen atoms in total. The number of nitrogens with zero attached hydrogens (tertiary/aromatic N) is 2. The van der Waals surface area contributed by atoms with Crippen LogP contribution in [0.25, 0.3) is 0 Å². The Bertz CT molecular complexity index is 1780. The number of anilines is 1. The molecule has 4 rings (SSSR count). The van der Waals surface area contributed by atoms with E-state index < -0.39 is 28.5 Å². The molecule has 0 aliphatic carbocycles. The monoisotopic (exact) mass is 707 g/mol. The van der Waals surface area contributed by atoms with Gasteiger partial charge in [-0.25, -0.2) is 8.42 Å². The van der Waals surface area contributed by atoms with Crippen LogP contribution in [-0.4, -0.2) is 43.8 Å². The van der Waals surface area contributed by atoms with Crippen LogP contribution in [0.2, 0.25) is 10.0 Å². The van der Waals surface area contributed by atoms with Crippen LogP contribution in [0.15, 0.2) is 102 Å². The van der Waals surface area contributed by atoms with Gasteiger partial charge in [0.1, 0.15) is 12.6 Å². The third-order valence-electron chi connectivity index (χ3n) is 8.40. The average molecular weight is 709 g/mol. The topological polar surface area (TPSA) is 86.8 Å². The number of benzene rings is 4. The lowest BCUT2D eigenvalue weighted by Crippen LogP contribution is -2.54. The minimum Gasteiger partial charge on any atom is -0.352 e. The summed E-state index contributed by atoms with van der Waals surface area (Å²) in [6, 6.07) is 26.9. The van der Waals surface area contributed by atoms with Crippen molar-refractivity contribution in [3.8, 4) is 0 Å². The fourth-order valence-corrected chi connectivity index (χ4v) is 7.17. The van der Waals surface area contributed by atoms with Crippen LogP contribution in [-0.2, 0) is 32.6 Å². The predicted molar refractivity (Wildman–Crippen MR) is 195 cm³/mol. The number of nitrogens with one attached hydrogen (secondary N) is 1. The summed E-state index contributed by atoms with van der Waals surface area (Å²) in [6.45, 7) is 9.14. The van der Waals surface area contributed by atoms with Crippen LogP contribution in [0.4, 0.5) is 5.69 Å². The second-order valence-electron chi connectivity index (χ2n) is 12.3. The van der Waals surface area contributed by atoms with Crippen LogP contribution in [0.1, 0.15) is 62.3 Å². The highest BCUT2D eigenvalue weighted by molar-refractivity contribution is 7.92. The van der Waals surface area contributed by atoms with Crippen molar-refractivity contribution >= 4 is 50.7 Å². The van der Waals surface area contributed by atoms with E-state index in [1.165, 1.54) is 17.0 Å². The summed E-state index contributed by atoms with van der Waals surface area (Å²) in [7, 11) is -4.22. The van der Waals surface area contributed by atoms with Crippen molar-refractivity contribution in [1.82, 2.24) is 10.2 Å². The third kappa shape index (κ3) is 9.19. The maximum absolute atomic E-state index is 14.7. The molecule has 4 aromatic carbocycles. The molecule has 0 aromatic heterocycles. The van der Waals surface area contributed by atoms with Crippen molar-refractivity contribution in [2.24, 2.45) is 0 Å². The second kappa shape index (κ2) is 16.5. The Balaban J connectivity index is 1.85. The maximum atomic E-state index is 14.7. The number of halogens is 2. The minimum atomic E-state index is -4.22. The Morgan fingerprint density at radius 1 is 0.812 bits per heavy atom. The van der Waals surface area contributed by atoms with E-state index in [1.807, 2.05) is 77.1 Å². The van der Waals surface area contributed by atoms with Gasteiger partial charge in [-0.15, -0.1) is 0 Å². The molecule has 2 unspecified atom stereocenters. The van der Waals surface area contributed by atoms with E-state index in [1.54, 1.807) is 42.5 Å². The van der Waals surface area contributed by atoms with Gasteiger partial charge in [0, 0.05) is 34.6 Å². The molecule has 48 heavy (non-hydrogen) atoms. The molecule has 10 heteroatoms. The summed E-state index contributed by atoms with van der Waals surface area (Å²) in [4.78, 5) is 30.2. The van der Waals surface area contributed by atoms with Crippen molar-refractivity contribution < 1.29 is 18.0 Å². The van der Waals surface area contributed by atoms with E-state index in [-0.39, 0.29) is 35.7 Å². The minimum absolute atomic E-state index is 0.0462. The van der Waals surface area contributed by atoms with Gasteiger partial charge in [-0.1, -0.05) is 110 Å². The highest BCUT2D eigenvalue weighted by Gasteiger charge is 2.35. The van der Waals surface area contributed by atoms with Gasteiger partial charge in [-0.2, -0.15) is 0 Å². The molecule has 1 N–H and O–H groups in total. The maximum Gasteiger partial charge on any atom is 0.264 e. The van der Waals surface area contributed by atoms with Crippen LogP contribution < -0.4 is 9.62 Å². The van der Waals surface area contributed by atoms with E-state index in [0.717, 1.165) is 21.0 Å². The molecule has 0 bridgehead atoms. The first kappa shape index (κ1) is 37.0. The smallest absolute Gasteiger partial charge is 0.264 e. The highest BCUT2D eigenvalue weighted by atomic mass is 35.5. The summed E-state index contributed by atoms with van der Waals surface area (Å²) in [6.07, 6.45) is 0.869. The Kier molecular flexibility index (Phi) is 12.7. The number of aryl methyl sites for hydroxylation is 1. The molecule has 0 saturated heterocycles. The first-order valence-electron chi connectivity index (χ1n) is 16.1. The normalized spacial score (nSPS) is 12.8. The largest absolute Gasteiger partial charge is 0.352 e. The summed E-state index contributed by atoms with van der Waals surface area (Å²) in [5.74, 6) is -0.727. The number of carbonyl (C=O) groups is 2. The van der Waals surface area contributed by atoms with E-state index in [2.05, 4.69) is 5.32 Å². The van der Waals surface area contributed by atoms with Crippen molar-refractivity contribution in [1.29, 1.82) is 0 Å². The first-order valence-corrected chi connectivity index (χ1v) is 18.3. The molecule has 0 aliphatic rings. The molecule has 254 valence electrons. The van der Waals surface area contributed by atoms with Gasteiger partial charge in [-0.3, -0.25) is 13.9 Å². The summed E-state index contributed by atoms with van der Waals surface area (Å²) < 4.78 is 29.7. The molecule has 0 fully saturated rings. The Morgan fingerprint density at radius 2 is 1.42 bits per heavy atom. The van der Waals surface area contributed by atoms with Gasteiger partial charge < -0.3 is 10.2 Å². The standard InChI is InChI=1S/C38H43Cl2N3O4S/c1-6-28(5)41-38(45)36(23-29-11-8-7-9-12-29)42(24-33-34(39)13-10-14-35(33)40)37(44)25-43(31-19-17-30(18-20-31)26(2)3)48(46,47)32-21-15-27(4)16-22-32/h7-22,26,28,36H,6,23-25H2,1-5H3,(H,41,45). The number of amides is 2. The van der Waals surface area contributed by atoms with Gasteiger partial charge >= 0.3 is 0 Å². The zero-order valence-corrected chi connectivity index (χ0v) is 30.3. The third-order valence-corrected chi connectivity index (χ3v) is 10.9. The fourth-order valence-electron chi connectivity index (χ4n) is 5.24. The van der Waals surface area contributed by atoms with Crippen LogP contribution in [0, 0.1) is 6.92 Å². The molecule has 0 aliphatic heterocycles. The van der Waals surface area contributed by atoms with Gasteiger partial charge in [-0.05, 0) is 73.7 Å². The molecular weight excluding hydrogens is 665 g/mol. The quantitative estimate of drug-likeness (QED) is 0.143. The summed E-state index contributed by atoms with van der Waals surface area (Å²) >= 11 is 13.2. The molecule has 0 saturated carbocycles. The lowest BCUT2D eigenvalue weighted by atomic mass is 10.0. The van der Waals surface area contributed by atoms with Gasteiger partial charge in [0.15, 0.2) is 0 Å². The van der Waals surface area contributed by atoms with Crippen LogP contribution >= 0.6 is 23.2 Å². The number of hydrogen-bond donors (Lipinski definition) is 1. The average Bonchev–Trinajstić information content (AvgIpc) is 3.06. The molecule has 0 spiro atoms. The number of hydrogen-bond acceptors (Lipinski definition) is 4. The molecular formula is C38H43Cl2N3O4S. The first-order chi connectivity index (χ1) is 22.8. The molecule has 2 amide bonds. The van der Waals surface area contributed by atoms with Gasteiger partial charge in [0.2, 0.25) is 11.8 Å². The van der Waals surface area contributed by atoms with E-state index in [9.17, 15) is 18.0 Å². The van der Waals surface area contributed by atoms with E-state index in [4.69, 9.17) is 23.2 Å². The second-order valence-corrected chi connectivity index (χ2v) is 15.0. The van der Waals surface area contributed by atoms with Crippen molar-refractivity contribution in [2.45, 2.75) is 76.9 Å². The van der Waals surface area contributed by atoms with Crippen molar-refractivity contribution in [3.05, 3.63) is 129 Å². The Hall–Kier alpha value is -3.85. The molecule has 0 radical (unpaired) electrons. The van der Waals surface area contributed by atoms with E-state index in [0.29, 0.717) is 27.7 Å². The molecule has 2 atom stereocenters. The van der Waals surface area contributed by atoms with Gasteiger partial charge in [0.05, 0.1) is 10.6 Å². The fraction of sp³-hybridized carbons (Fsp3) is 0.316. The number of rotatable bonds is 14. The van der Waals surface area contributed by atoms with Crippen molar-refractivity contribution in [3.63, 3.8) is 0 Å². The predicted octanol–water partition coefficient (Wildman–Crippen LogP) is 8.18. The SMILES string of the molecule is CCC(C)NC(=O)C(Cc1ccccc1)N(Cc1c(Cl)cccc1Cl)C(=O)CN(c1ccc(C(C)C)cc1)S(=O)(=O)c1ccc(C)cc1. The number of sulfonamides is 1. The number of carbonyl (C=O) groups excluding carboxylic acids is 2. The highest BCUT2D eigenvalue weighted by Crippen LogP contribution is 2.30. The Labute approximate surface area is 294 Å². The van der Waals surface area contributed by atoms with Crippen LogP contribution in [0.3, 0.4) is 0 Å². The zero-order chi connectivity index (χ0) is 35.0. The lowest BCUT2D eigenvalue weighted by Gasteiger charge is -2.34. The van der Waals surface area contributed by atoms with Crippen LogP contribution in [0.5, 0.6) is 0 Å². The molecule has 0 heterocycles. The van der Waals surface area contributed by atoms with E-state index >= 15 is 0 Å². The molecule has 4 aromatic rings. The zero-order valence-electron chi connectivity index (χ0n) is 28.0. The lowest BCUT2D eigenvalue weighted by molar-refractivity contribution is -0.140.